The van der Waals surface area contributed by atoms with Gasteiger partial charge >= 0.3 is 27.5 Å². The standard InChI is InChI=1S/C7H15.O.Zr/c1-4-7(5-2)6-3;;/h4-6H2,1-3H3;;/q-1;;. The zero-order chi connectivity index (χ0) is 7.70. The van der Waals surface area contributed by atoms with Crippen molar-refractivity contribution in [1.29, 1.82) is 0 Å². The summed E-state index contributed by atoms with van der Waals surface area (Å²) in [4.78, 5) is 0. The molecule has 0 amide bonds. The average Bonchev–Trinajstić information content (AvgIpc) is 1.96. The van der Waals surface area contributed by atoms with Crippen molar-refractivity contribution in [3.8, 4) is 0 Å². The summed E-state index contributed by atoms with van der Waals surface area (Å²) in [5, 5.41) is 0. The first-order valence-electron chi connectivity index (χ1n) is 3.39. The molecular formula is C7H15OZr-. The molecule has 0 aromatic carbocycles. The molecule has 54 valence electrons. The Hall–Kier alpha value is 0.683. The molecule has 0 fully saturated rings. The van der Waals surface area contributed by atoms with E-state index in [-0.39, 0.29) is 0 Å². The van der Waals surface area contributed by atoms with Crippen LogP contribution in [0.2, 0.25) is 0 Å². The van der Waals surface area contributed by atoms with Crippen LogP contribution in [0.3, 0.4) is 0 Å². The van der Waals surface area contributed by atoms with Crippen molar-refractivity contribution in [3.05, 3.63) is 5.92 Å². The minimum absolute atomic E-state index is 0.300. The summed E-state index contributed by atoms with van der Waals surface area (Å²) in [6.07, 6.45) is 3.81. The molecule has 9 heavy (non-hydrogen) atoms. The van der Waals surface area contributed by atoms with Crippen LogP contribution in [-0.2, 0) is 27.5 Å². The third-order valence-electron chi connectivity index (χ3n) is 1.50. The van der Waals surface area contributed by atoms with Crippen LogP contribution >= 0.6 is 0 Å². The molecule has 0 spiro atoms. The van der Waals surface area contributed by atoms with Crippen molar-refractivity contribution in [3.63, 3.8) is 0 Å². The molecule has 1 nitrogen and oxygen atoms in total. The Morgan fingerprint density at radius 2 is 1.22 bits per heavy atom. The Morgan fingerprint density at radius 1 is 1.00 bits per heavy atom. The minimum atomic E-state index is 0.300. The topological polar surface area (TPSA) is 17.1 Å². The fourth-order valence-electron chi connectivity index (χ4n) is 0.750. The van der Waals surface area contributed by atoms with E-state index in [1.807, 2.05) is 0 Å². The van der Waals surface area contributed by atoms with E-state index in [1.54, 1.807) is 5.92 Å². The van der Waals surface area contributed by atoms with Crippen LogP contribution in [0.4, 0.5) is 0 Å². The molecule has 0 N–H and O–H groups in total. The molecule has 0 aliphatic heterocycles. The summed E-state index contributed by atoms with van der Waals surface area (Å²) in [5.41, 5.74) is 0. The number of rotatable bonds is 3. The Kier molecular flexibility index (Phi) is 15.8. The van der Waals surface area contributed by atoms with Crippen LogP contribution in [0.25, 0.3) is 0 Å². The predicted molar refractivity (Wildman–Crippen MR) is 34.8 cm³/mol. The second-order valence-electron chi connectivity index (χ2n) is 1.81. The summed E-state index contributed by atoms with van der Waals surface area (Å²) >= 11 is 0.300. The van der Waals surface area contributed by atoms with Crippen LogP contribution in [0.5, 0.6) is 0 Å². The number of hydrogen-bond donors (Lipinski definition) is 0. The van der Waals surface area contributed by atoms with Crippen molar-refractivity contribution >= 4 is 0 Å². The molecule has 0 heterocycles. The fourth-order valence-corrected chi connectivity index (χ4v) is 0.750. The summed E-state index contributed by atoms with van der Waals surface area (Å²) in [5.74, 6) is 1.68. The molecule has 0 aliphatic carbocycles. The molecule has 0 aromatic heterocycles. The zero-order valence-corrected chi connectivity index (χ0v) is 8.99. The zero-order valence-electron chi connectivity index (χ0n) is 6.53. The summed E-state index contributed by atoms with van der Waals surface area (Å²) in [6.45, 7) is 6.67. The quantitative estimate of drug-likeness (QED) is 0.649. The van der Waals surface area contributed by atoms with Gasteiger partial charge in [-0.05, 0) is 0 Å². The van der Waals surface area contributed by atoms with Crippen LogP contribution in [0, 0.1) is 5.92 Å². The van der Waals surface area contributed by atoms with E-state index < -0.39 is 0 Å². The SMILES string of the molecule is CC[C-](CC)CC.[O]=[Zr]. The molecule has 0 rings (SSSR count). The van der Waals surface area contributed by atoms with Crippen LogP contribution in [0.15, 0.2) is 0 Å². The van der Waals surface area contributed by atoms with Gasteiger partial charge in [-0.25, -0.2) is 0 Å². The van der Waals surface area contributed by atoms with Crippen LogP contribution in [0.1, 0.15) is 40.0 Å². The molecule has 0 saturated heterocycles. The van der Waals surface area contributed by atoms with E-state index in [4.69, 9.17) is 2.81 Å². The van der Waals surface area contributed by atoms with Gasteiger partial charge in [-0.3, -0.25) is 0 Å². The molecule has 0 atom stereocenters. The molecule has 0 unspecified atom stereocenters. The Balaban J connectivity index is 0. The normalized spacial score (nSPS) is 8.33. The van der Waals surface area contributed by atoms with Crippen molar-refractivity contribution in [2.45, 2.75) is 40.0 Å². The van der Waals surface area contributed by atoms with Gasteiger partial charge in [0.25, 0.3) is 0 Å². The maximum atomic E-state index is 8.34. The van der Waals surface area contributed by atoms with Gasteiger partial charge in [-0.15, -0.1) is 0 Å². The van der Waals surface area contributed by atoms with Gasteiger partial charge < -0.3 is 5.92 Å². The van der Waals surface area contributed by atoms with Crippen molar-refractivity contribution < 1.29 is 27.5 Å². The van der Waals surface area contributed by atoms with Gasteiger partial charge in [0, 0.05) is 0 Å². The molecule has 2 heteroatoms. The average molecular weight is 206 g/mol. The van der Waals surface area contributed by atoms with Gasteiger partial charge in [0.05, 0.1) is 0 Å². The third-order valence-corrected chi connectivity index (χ3v) is 1.50. The van der Waals surface area contributed by atoms with Gasteiger partial charge in [0.1, 0.15) is 0 Å². The molecule has 0 aromatic rings. The predicted octanol–water partition coefficient (Wildman–Crippen LogP) is 2.67. The fraction of sp³-hybridized carbons (Fsp3) is 0.857. The molecule has 0 radical (unpaired) electrons. The number of hydrogen-bond acceptors (Lipinski definition) is 1. The first-order chi connectivity index (χ1) is 4.35. The molecule has 0 bridgehead atoms. The van der Waals surface area contributed by atoms with Crippen molar-refractivity contribution in [1.82, 2.24) is 0 Å². The second kappa shape index (κ2) is 11.5. The van der Waals surface area contributed by atoms with Gasteiger partial charge in [0.15, 0.2) is 0 Å². The van der Waals surface area contributed by atoms with Crippen molar-refractivity contribution in [2.24, 2.45) is 0 Å². The van der Waals surface area contributed by atoms with E-state index in [2.05, 4.69) is 20.8 Å². The third kappa shape index (κ3) is 8.68. The van der Waals surface area contributed by atoms with Gasteiger partial charge in [-0.2, -0.15) is 19.3 Å². The van der Waals surface area contributed by atoms with Gasteiger partial charge in [0.2, 0.25) is 0 Å². The summed E-state index contributed by atoms with van der Waals surface area (Å²) < 4.78 is 8.34. The maximum absolute atomic E-state index is 8.34. The molecule has 0 saturated carbocycles. The van der Waals surface area contributed by atoms with E-state index in [0.29, 0.717) is 24.7 Å². The van der Waals surface area contributed by atoms with E-state index in [1.165, 1.54) is 19.3 Å². The first kappa shape index (κ1) is 12.4. The Bertz CT molecular complexity index is 38.7. The van der Waals surface area contributed by atoms with E-state index in [0.717, 1.165) is 0 Å². The summed E-state index contributed by atoms with van der Waals surface area (Å²) in [7, 11) is 0. The Labute approximate surface area is 73.5 Å². The van der Waals surface area contributed by atoms with E-state index in [9.17, 15) is 0 Å². The van der Waals surface area contributed by atoms with Crippen LogP contribution < -0.4 is 0 Å². The first-order valence-corrected chi connectivity index (χ1v) is 4.39. The monoisotopic (exact) mass is 205 g/mol. The van der Waals surface area contributed by atoms with Gasteiger partial charge in [-0.1, -0.05) is 20.8 Å². The summed E-state index contributed by atoms with van der Waals surface area (Å²) in [6, 6.07) is 0. The van der Waals surface area contributed by atoms with Crippen molar-refractivity contribution in [2.75, 3.05) is 0 Å². The Morgan fingerprint density at radius 3 is 1.22 bits per heavy atom. The molecule has 0 aliphatic rings. The molecular weight excluding hydrogens is 191 g/mol. The van der Waals surface area contributed by atoms with E-state index >= 15 is 0 Å². The second-order valence-corrected chi connectivity index (χ2v) is 1.81. The van der Waals surface area contributed by atoms with Crippen LogP contribution in [-0.4, -0.2) is 0 Å².